The summed E-state index contributed by atoms with van der Waals surface area (Å²) in [5, 5.41) is 5.59. The SMILES string of the molecule is C1=C[CH]([Zr+2][C]2=CCc3c2ccc2ccc4ccccc4c32)c2ccccc21.[Cl-].[Cl-]. The fourth-order valence-electron chi connectivity index (χ4n) is 4.63. The minimum absolute atomic E-state index is 0. The van der Waals surface area contributed by atoms with Crippen LogP contribution in [0.15, 0.2) is 84.9 Å². The monoisotopic (exact) mass is 490 g/mol. The van der Waals surface area contributed by atoms with Crippen molar-refractivity contribution >= 4 is 30.9 Å². The molecule has 0 fully saturated rings. The predicted molar refractivity (Wildman–Crippen MR) is 111 cm³/mol. The fraction of sp³-hybridized carbons (Fsp3) is 0.0769. The molecule has 0 saturated carbocycles. The maximum atomic E-state index is 2.53. The van der Waals surface area contributed by atoms with Crippen molar-refractivity contribution in [1.29, 1.82) is 0 Å². The van der Waals surface area contributed by atoms with Gasteiger partial charge in [0.1, 0.15) is 0 Å². The first-order chi connectivity index (χ1) is 13.4. The number of fused-ring (bicyclic) bond motifs is 6. The zero-order valence-electron chi connectivity index (χ0n) is 15.7. The Morgan fingerprint density at radius 1 is 0.759 bits per heavy atom. The molecule has 3 heteroatoms. The Morgan fingerprint density at radius 2 is 1.52 bits per heavy atom. The van der Waals surface area contributed by atoms with Gasteiger partial charge in [-0.3, -0.25) is 0 Å². The van der Waals surface area contributed by atoms with E-state index in [4.69, 9.17) is 0 Å². The topological polar surface area (TPSA) is 0 Å². The summed E-state index contributed by atoms with van der Waals surface area (Å²) in [7, 11) is 0. The number of hydrogen-bond donors (Lipinski definition) is 0. The van der Waals surface area contributed by atoms with Crippen molar-refractivity contribution < 1.29 is 48.0 Å². The molecule has 0 N–H and O–H groups in total. The zero-order chi connectivity index (χ0) is 17.8. The van der Waals surface area contributed by atoms with E-state index in [2.05, 4.69) is 91.0 Å². The zero-order valence-corrected chi connectivity index (χ0v) is 19.7. The summed E-state index contributed by atoms with van der Waals surface area (Å²) in [6.07, 6.45) is 8.40. The molecule has 1 unspecified atom stereocenters. The Bertz CT molecular complexity index is 1290. The van der Waals surface area contributed by atoms with Gasteiger partial charge in [-0.25, -0.2) is 0 Å². The van der Waals surface area contributed by atoms with E-state index in [1.807, 2.05) is 0 Å². The predicted octanol–water partition coefficient (Wildman–Crippen LogP) is 0.749. The fourth-order valence-corrected chi connectivity index (χ4v) is 8.45. The molecule has 0 aromatic heterocycles. The molecule has 0 bridgehead atoms. The molecule has 140 valence electrons. The number of rotatable bonds is 2. The van der Waals surface area contributed by atoms with Crippen LogP contribution in [0.1, 0.15) is 25.9 Å². The molecule has 4 aromatic rings. The van der Waals surface area contributed by atoms with Gasteiger partial charge in [0, 0.05) is 0 Å². The summed E-state index contributed by atoms with van der Waals surface area (Å²) in [6.45, 7) is 0. The van der Waals surface area contributed by atoms with Crippen LogP contribution in [-0.4, -0.2) is 0 Å². The summed E-state index contributed by atoms with van der Waals surface area (Å²) in [5.74, 6) is 0. The molecule has 0 radical (unpaired) electrons. The molecule has 1 atom stereocenters. The molecule has 0 heterocycles. The summed E-state index contributed by atoms with van der Waals surface area (Å²) in [4.78, 5) is 0. The van der Waals surface area contributed by atoms with Gasteiger partial charge in [-0.2, -0.15) is 0 Å². The Balaban J connectivity index is 0.00000102. The summed E-state index contributed by atoms with van der Waals surface area (Å²) < 4.78 is 2.35. The number of allylic oxidation sites excluding steroid dienone is 2. The van der Waals surface area contributed by atoms with Gasteiger partial charge in [0.05, 0.1) is 0 Å². The second-order valence-corrected chi connectivity index (χ2v) is 11.0. The molecule has 0 amide bonds. The maximum Gasteiger partial charge on any atom is -1.00 e. The summed E-state index contributed by atoms with van der Waals surface area (Å²) >= 11 is -0.731. The van der Waals surface area contributed by atoms with Crippen LogP contribution in [0.5, 0.6) is 0 Å². The Labute approximate surface area is 195 Å². The first-order valence-corrected chi connectivity index (χ1v) is 12.2. The quantitative estimate of drug-likeness (QED) is 0.363. The minimum atomic E-state index is -0.731. The van der Waals surface area contributed by atoms with Crippen LogP contribution >= 0.6 is 0 Å². The van der Waals surface area contributed by atoms with Gasteiger partial charge in [-0.1, -0.05) is 0 Å². The van der Waals surface area contributed by atoms with E-state index in [9.17, 15) is 0 Å². The largest absolute Gasteiger partial charge is 1.00 e. The summed E-state index contributed by atoms with van der Waals surface area (Å²) in [6, 6.07) is 27.0. The molecule has 4 aromatic carbocycles. The van der Waals surface area contributed by atoms with Crippen LogP contribution in [0.4, 0.5) is 0 Å². The third-order valence-electron chi connectivity index (χ3n) is 5.93. The summed E-state index contributed by atoms with van der Waals surface area (Å²) in [5.41, 5.74) is 6.05. The maximum absolute atomic E-state index is 2.53. The molecular formula is C26H18Cl2Zr. The smallest absolute Gasteiger partial charge is 1.00 e. The molecular weight excluding hydrogens is 474 g/mol. The molecule has 2 aliphatic carbocycles. The van der Waals surface area contributed by atoms with E-state index in [0.717, 1.165) is 6.42 Å². The number of halogens is 2. The van der Waals surface area contributed by atoms with Crippen molar-refractivity contribution in [1.82, 2.24) is 0 Å². The van der Waals surface area contributed by atoms with Crippen LogP contribution in [0.2, 0.25) is 0 Å². The van der Waals surface area contributed by atoms with Crippen LogP contribution in [0.3, 0.4) is 0 Å². The van der Waals surface area contributed by atoms with E-state index in [-0.39, 0.29) is 24.8 Å². The number of benzene rings is 4. The molecule has 0 aliphatic heterocycles. The Hall–Kier alpha value is -1.66. The van der Waals surface area contributed by atoms with E-state index in [1.165, 1.54) is 32.7 Å². The average Bonchev–Trinajstić information content (AvgIpc) is 3.32. The van der Waals surface area contributed by atoms with Crippen LogP contribution < -0.4 is 24.8 Å². The van der Waals surface area contributed by atoms with Gasteiger partial charge in [0.2, 0.25) is 0 Å². The molecule has 0 nitrogen and oxygen atoms in total. The van der Waals surface area contributed by atoms with Gasteiger partial charge >= 0.3 is 171 Å². The third-order valence-corrected chi connectivity index (χ3v) is 9.86. The van der Waals surface area contributed by atoms with Crippen LogP contribution in [-0.2, 0) is 29.7 Å². The standard InChI is InChI=1S/C17H11.C9H7.2ClH.Zr/c1-2-6-15-12(4-1)8-10-14-11-9-13-5-3-7-16(13)17(14)15;1-2-5-9-7-3-6-8(9)4-1;;;/h1-4,6,8-11H,7H2;1-7H;2*1H;/q;;;;+2/p-2. The van der Waals surface area contributed by atoms with Gasteiger partial charge < -0.3 is 24.8 Å². The third kappa shape index (κ3) is 3.34. The average molecular weight is 493 g/mol. The molecule has 29 heavy (non-hydrogen) atoms. The van der Waals surface area contributed by atoms with Crippen LogP contribution in [0.25, 0.3) is 30.9 Å². The van der Waals surface area contributed by atoms with Gasteiger partial charge in [0.15, 0.2) is 0 Å². The molecule has 0 spiro atoms. The van der Waals surface area contributed by atoms with Crippen molar-refractivity contribution in [2.45, 2.75) is 10.0 Å². The Morgan fingerprint density at radius 3 is 2.45 bits per heavy atom. The minimum Gasteiger partial charge on any atom is -1.00 e. The van der Waals surface area contributed by atoms with Gasteiger partial charge in [-0.15, -0.1) is 0 Å². The van der Waals surface area contributed by atoms with Crippen LogP contribution in [0, 0.1) is 0 Å². The van der Waals surface area contributed by atoms with Crippen molar-refractivity contribution in [3.05, 3.63) is 107 Å². The van der Waals surface area contributed by atoms with E-state index in [1.54, 1.807) is 14.4 Å². The van der Waals surface area contributed by atoms with Crippen molar-refractivity contribution in [3.63, 3.8) is 0 Å². The first kappa shape index (κ1) is 20.6. The van der Waals surface area contributed by atoms with Crippen molar-refractivity contribution in [2.75, 3.05) is 0 Å². The van der Waals surface area contributed by atoms with E-state index >= 15 is 0 Å². The van der Waals surface area contributed by atoms with Gasteiger partial charge in [-0.05, 0) is 0 Å². The second-order valence-electron chi connectivity index (χ2n) is 7.41. The van der Waals surface area contributed by atoms with E-state index < -0.39 is 23.2 Å². The second kappa shape index (κ2) is 8.23. The molecule has 6 rings (SSSR count). The van der Waals surface area contributed by atoms with Gasteiger partial charge in [0.25, 0.3) is 0 Å². The van der Waals surface area contributed by atoms with Crippen molar-refractivity contribution in [2.24, 2.45) is 0 Å². The number of hydrogen-bond acceptors (Lipinski definition) is 0. The van der Waals surface area contributed by atoms with Crippen molar-refractivity contribution in [3.8, 4) is 0 Å². The first-order valence-electron chi connectivity index (χ1n) is 9.56. The molecule has 0 saturated heterocycles. The normalized spacial score (nSPS) is 15.9. The van der Waals surface area contributed by atoms with E-state index in [0.29, 0.717) is 3.63 Å². The molecule has 2 aliphatic rings. The Kier molecular flexibility index (Phi) is 5.85.